The SMILES string of the molecule is COc1ccccc1/C=C(/C(=O)Nc1ccncc1)c1ccccc1. The van der Waals surface area contributed by atoms with Gasteiger partial charge in [-0.15, -0.1) is 0 Å². The Balaban J connectivity index is 2.01. The maximum absolute atomic E-state index is 12.9. The average Bonchev–Trinajstić information content (AvgIpc) is 2.67. The summed E-state index contributed by atoms with van der Waals surface area (Å²) in [6.07, 6.45) is 5.12. The van der Waals surface area contributed by atoms with Gasteiger partial charge in [-0.05, 0) is 29.8 Å². The molecule has 1 heterocycles. The van der Waals surface area contributed by atoms with E-state index in [2.05, 4.69) is 10.3 Å². The van der Waals surface area contributed by atoms with Gasteiger partial charge in [0.15, 0.2) is 0 Å². The third-order valence-electron chi connectivity index (χ3n) is 3.71. The number of para-hydroxylation sites is 1. The van der Waals surface area contributed by atoms with Crippen LogP contribution in [0.15, 0.2) is 79.1 Å². The summed E-state index contributed by atoms with van der Waals surface area (Å²) >= 11 is 0. The molecule has 124 valence electrons. The van der Waals surface area contributed by atoms with E-state index in [4.69, 9.17) is 4.74 Å². The van der Waals surface area contributed by atoms with E-state index < -0.39 is 0 Å². The Morgan fingerprint density at radius 2 is 1.64 bits per heavy atom. The monoisotopic (exact) mass is 330 g/mol. The molecule has 0 aliphatic carbocycles. The van der Waals surface area contributed by atoms with Crippen LogP contribution in [0.1, 0.15) is 11.1 Å². The molecule has 0 atom stereocenters. The second kappa shape index (κ2) is 7.93. The molecule has 0 saturated heterocycles. The minimum atomic E-state index is -0.191. The number of carbonyl (C=O) groups is 1. The minimum absolute atomic E-state index is 0.191. The summed E-state index contributed by atoms with van der Waals surface area (Å²) in [6.45, 7) is 0. The topological polar surface area (TPSA) is 51.2 Å². The molecule has 0 saturated carbocycles. The highest BCUT2D eigenvalue weighted by Crippen LogP contribution is 2.25. The van der Waals surface area contributed by atoms with Crippen LogP contribution in [0.5, 0.6) is 5.75 Å². The van der Waals surface area contributed by atoms with Gasteiger partial charge in [0, 0.05) is 29.2 Å². The fourth-order valence-electron chi connectivity index (χ4n) is 2.47. The maximum Gasteiger partial charge on any atom is 0.256 e. The normalized spacial score (nSPS) is 11.0. The number of carbonyl (C=O) groups excluding carboxylic acids is 1. The van der Waals surface area contributed by atoms with E-state index in [1.807, 2.05) is 60.7 Å². The third kappa shape index (κ3) is 4.12. The zero-order valence-electron chi connectivity index (χ0n) is 13.8. The fraction of sp³-hybridized carbons (Fsp3) is 0.0476. The summed E-state index contributed by atoms with van der Waals surface area (Å²) in [6, 6.07) is 20.7. The van der Waals surface area contributed by atoms with Crippen molar-refractivity contribution in [2.45, 2.75) is 0 Å². The molecule has 25 heavy (non-hydrogen) atoms. The van der Waals surface area contributed by atoms with Gasteiger partial charge in [0.1, 0.15) is 5.75 Å². The molecule has 3 aromatic rings. The molecule has 2 aromatic carbocycles. The number of benzene rings is 2. The maximum atomic E-state index is 12.9. The van der Waals surface area contributed by atoms with Crippen molar-refractivity contribution in [3.05, 3.63) is 90.3 Å². The van der Waals surface area contributed by atoms with Gasteiger partial charge < -0.3 is 10.1 Å². The van der Waals surface area contributed by atoms with Crippen LogP contribution in [0.25, 0.3) is 11.6 Å². The van der Waals surface area contributed by atoms with Gasteiger partial charge in [-0.3, -0.25) is 9.78 Å². The number of anilines is 1. The van der Waals surface area contributed by atoms with Crippen LogP contribution in [0.3, 0.4) is 0 Å². The van der Waals surface area contributed by atoms with Gasteiger partial charge in [0.2, 0.25) is 0 Å². The molecule has 3 rings (SSSR count). The van der Waals surface area contributed by atoms with Crippen molar-refractivity contribution in [3.63, 3.8) is 0 Å². The van der Waals surface area contributed by atoms with Crippen molar-refractivity contribution in [2.75, 3.05) is 12.4 Å². The first-order chi connectivity index (χ1) is 12.3. The number of amides is 1. The number of hydrogen-bond donors (Lipinski definition) is 1. The Morgan fingerprint density at radius 1 is 0.960 bits per heavy atom. The Bertz CT molecular complexity index is 875. The van der Waals surface area contributed by atoms with Crippen molar-refractivity contribution < 1.29 is 9.53 Å². The van der Waals surface area contributed by atoms with Crippen LogP contribution in [-0.4, -0.2) is 18.0 Å². The Hall–Kier alpha value is -3.40. The standard InChI is InChI=1S/C21H18N2O2/c1-25-20-10-6-5-9-17(20)15-19(16-7-3-2-4-8-16)21(24)23-18-11-13-22-14-12-18/h2-15H,1H3,(H,22,23,24)/b19-15+. The number of nitrogens with one attached hydrogen (secondary N) is 1. The third-order valence-corrected chi connectivity index (χ3v) is 3.71. The Labute approximate surface area is 146 Å². The van der Waals surface area contributed by atoms with E-state index in [1.165, 1.54) is 0 Å². The number of ether oxygens (including phenoxy) is 1. The van der Waals surface area contributed by atoms with Gasteiger partial charge in [0.25, 0.3) is 5.91 Å². The minimum Gasteiger partial charge on any atom is -0.496 e. The summed E-state index contributed by atoms with van der Waals surface area (Å²) in [5.41, 5.74) is 2.93. The summed E-state index contributed by atoms with van der Waals surface area (Å²) in [7, 11) is 1.62. The molecule has 4 nitrogen and oxygen atoms in total. The fourth-order valence-corrected chi connectivity index (χ4v) is 2.47. The van der Waals surface area contributed by atoms with Gasteiger partial charge in [-0.25, -0.2) is 0 Å². The van der Waals surface area contributed by atoms with Crippen LogP contribution in [0.4, 0.5) is 5.69 Å². The van der Waals surface area contributed by atoms with Crippen LogP contribution < -0.4 is 10.1 Å². The molecule has 0 aliphatic heterocycles. The molecule has 4 heteroatoms. The molecule has 0 bridgehead atoms. The van der Waals surface area contributed by atoms with E-state index in [0.29, 0.717) is 17.0 Å². The van der Waals surface area contributed by atoms with Crippen LogP contribution >= 0.6 is 0 Å². The summed E-state index contributed by atoms with van der Waals surface area (Å²) < 4.78 is 5.40. The number of nitrogens with zero attached hydrogens (tertiary/aromatic N) is 1. The average molecular weight is 330 g/mol. The molecule has 0 aliphatic rings. The number of pyridine rings is 1. The van der Waals surface area contributed by atoms with Crippen LogP contribution in [-0.2, 0) is 4.79 Å². The van der Waals surface area contributed by atoms with Crippen molar-refractivity contribution in [2.24, 2.45) is 0 Å². The number of rotatable bonds is 5. The van der Waals surface area contributed by atoms with Gasteiger partial charge >= 0.3 is 0 Å². The number of hydrogen-bond acceptors (Lipinski definition) is 3. The van der Waals surface area contributed by atoms with Crippen LogP contribution in [0.2, 0.25) is 0 Å². The predicted octanol–water partition coefficient (Wildman–Crippen LogP) is 4.27. The molecular formula is C21H18N2O2. The van der Waals surface area contributed by atoms with E-state index in [9.17, 15) is 4.79 Å². The Morgan fingerprint density at radius 3 is 2.36 bits per heavy atom. The van der Waals surface area contributed by atoms with Crippen molar-refractivity contribution in [1.82, 2.24) is 4.98 Å². The lowest BCUT2D eigenvalue weighted by atomic mass is 10.0. The van der Waals surface area contributed by atoms with Crippen molar-refractivity contribution in [3.8, 4) is 5.75 Å². The van der Waals surface area contributed by atoms with Crippen LogP contribution in [0, 0.1) is 0 Å². The second-order valence-corrected chi connectivity index (χ2v) is 5.36. The number of aromatic nitrogens is 1. The first-order valence-corrected chi connectivity index (χ1v) is 7.89. The highest BCUT2D eigenvalue weighted by molar-refractivity contribution is 6.29. The predicted molar refractivity (Wildman–Crippen MR) is 100 cm³/mol. The molecular weight excluding hydrogens is 312 g/mol. The summed E-state index contributed by atoms with van der Waals surface area (Å²) in [4.78, 5) is 16.8. The lowest BCUT2D eigenvalue weighted by Crippen LogP contribution is -2.13. The molecule has 0 unspecified atom stereocenters. The smallest absolute Gasteiger partial charge is 0.256 e. The van der Waals surface area contributed by atoms with E-state index in [-0.39, 0.29) is 5.91 Å². The quantitative estimate of drug-likeness (QED) is 0.561. The molecule has 1 aromatic heterocycles. The molecule has 0 radical (unpaired) electrons. The molecule has 0 spiro atoms. The van der Waals surface area contributed by atoms with Crippen molar-refractivity contribution in [1.29, 1.82) is 0 Å². The molecule has 0 fully saturated rings. The zero-order valence-corrected chi connectivity index (χ0v) is 13.8. The zero-order chi connectivity index (χ0) is 17.5. The summed E-state index contributed by atoms with van der Waals surface area (Å²) in [5, 5.41) is 2.91. The van der Waals surface area contributed by atoms with Gasteiger partial charge in [0.05, 0.1) is 7.11 Å². The van der Waals surface area contributed by atoms with Gasteiger partial charge in [-0.2, -0.15) is 0 Å². The first kappa shape index (κ1) is 16.5. The number of methoxy groups -OCH3 is 1. The first-order valence-electron chi connectivity index (χ1n) is 7.89. The Kier molecular flexibility index (Phi) is 5.22. The lowest BCUT2D eigenvalue weighted by Gasteiger charge is -2.11. The van der Waals surface area contributed by atoms with E-state index >= 15 is 0 Å². The molecule has 1 amide bonds. The van der Waals surface area contributed by atoms with Gasteiger partial charge in [-0.1, -0.05) is 48.5 Å². The summed E-state index contributed by atoms with van der Waals surface area (Å²) in [5.74, 6) is 0.524. The van der Waals surface area contributed by atoms with Crippen molar-refractivity contribution >= 4 is 23.2 Å². The highest BCUT2D eigenvalue weighted by atomic mass is 16.5. The molecule has 1 N–H and O–H groups in total. The lowest BCUT2D eigenvalue weighted by molar-refractivity contribution is -0.111. The van der Waals surface area contributed by atoms with E-state index in [1.54, 1.807) is 31.6 Å². The largest absolute Gasteiger partial charge is 0.496 e. The highest BCUT2D eigenvalue weighted by Gasteiger charge is 2.13. The second-order valence-electron chi connectivity index (χ2n) is 5.36. The van der Waals surface area contributed by atoms with E-state index in [0.717, 1.165) is 11.1 Å².